The fourth-order valence-electron chi connectivity index (χ4n) is 3.41. The van der Waals surface area contributed by atoms with E-state index in [2.05, 4.69) is 25.1 Å². The van der Waals surface area contributed by atoms with Crippen LogP contribution in [0.2, 0.25) is 0 Å². The number of amides is 1. The minimum absolute atomic E-state index is 0.0218. The van der Waals surface area contributed by atoms with Gasteiger partial charge < -0.3 is 15.0 Å². The lowest BCUT2D eigenvalue weighted by Gasteiger charge is -2.34. The van der Waals surface area contributed by atoms with Crippen molar-refractivity contribution in [3.05, 3.63) is 57.9 Å². The van der Waals surface area contributed by atoms with E-state index in [1.165, 1.54) is 6.07 Å². The topological polar surface area (TPSA) is 131 Å². The average molecular weight is 442 g/mol. The second kappa shape index (κ2) is 11.1. The molecule has 1 amide bonds. The molecule has 1 fully saturated rings. The maximum atomic E-state index is 12.5. The third-order valence-corrected chi connectivity index (χ3v) is 5.05. The predicted molar refractivity (Wildman–Crippen MR) is 117 cm³/mol. The van der Waals surface area contributed by atoms with Crippen molar-refractivity contribution in [3.8, 4) is 0 Å². The van der Waals surface area contributed by atoms with Crippen molar-refractivity contribution in [1.29, 1.82) is 0 Å². The van der Waals surface area contributed by atoms with Crippen molar-refractivity contribution in [1.82, 2.24) is 20.2 Å². The summed E-state index contributed by atoms with van der Waals surface area (Å²) in [6.45, 7) is 6.42. The number of anilines is 1. The number of carbonyl (C=O) groups excluding carboxylic acids is 2. The van der Waals surface area contributed by atoms with E-state index in [0.717, 1.165) is 57.2 Å². The highest BCUT2D eigenvalue weighted by Gasteiger charge is 2.20. The number of hydrogen-bond donors (Lipinski definition) is 1. The molecule has 1 aliphatic heterocycles. The summed E-state index contributed by atoms with van der Waals surface area (Å²) in [6.07, 6.45) is 4.19. The van der Waals surface area contributed by atoms with Gasteiger partial charge in [-0.2, -0.15) is 0 Å². The minimum Gasteiger partial charge on any atom is -0.462 e. The van der Waals surface area contributed by atoms with Crippen LogP contribution in [0.15, 0.2) is 36.7 Å². The fourth-order valence-corrected chi connectivity index (χ4v) is 3.41. The molecule has 11 heteroatoms. The molecule has 3 rings (SSSR count). The molecule has 2 aromatic rings. The third kappa shape index (κ3) is 6.20. The van der Waals surface area contributed by atoms with Crippen LogP contribution in [0.4, 0.5) is 11.6 Å². The van der Waals surface area contributed by atoms with E-state index in [9.17, 15) is 19.7 Å². The van der Waals surface area contributed by atoms with Gasteiger partial charge in [0.05, 0.1) is 17.1 Å². The number of non-ortho nitro benzene ring substituents is 1. The van der Waals surface area contributed by atoms with Crippen molar-refractivity contribution in [2.75, 3.05) is 50.8 Å². The number of nitrogens with one attached hydrogen (secondary N) is 1. The molecule has 32 heavy (non-hydrogen) atoms. The van der Waals surface area contributed by atoms with Crippen LogP contribution in [0.1, 0.15) is 34.1 Å². The predicted octanol–water partition coefficient (Wildman–Crippen LogP) is 1.50. The SMILES string of the molecule is CCOC(=O)c1cc(C(=O)NCCCN2CCN(c3ncccn3)CC2)cc([N+](=O)[O-])c1. The average Bonchev–Trinajstić information content (AvgIpc) is 2.82. The molecule has 1 aliphatic rings. The van der Waals surface area contributed by atoms with Gasteiger partial charge in [0, 0.05) is 62.8 Å². The van der Waals surface area contributed by atoms with Crippen LogP contribution >= 0.6 is 0 Å². The number of piperazine rings is 1. The number of nitro groups is 1. The number of nitro benzene ring substituents is 1. The van der Waals surface area contributed by atoms with Crippen LogP contribution in [-0.2, 0) is 4.74 Å². The zero-order valence-electron chi connectivity index (χ0n) is 17.9. The summed E-state index contributed by atoms with van der Waals surface area (Å²) in [5, 5.41) is 13.9. The van der Waals surface area contributed by atoms with Crippen LogP contribution in [-0.4, -0.2) is 77.5 Å². The van der Waals surface area contributed by atoms with E-state index >= 15 is 0 Å². The fraction of sp³-hybridized carbons (Fsp3) is 0.429. The van der Waals surface area contributed by atoms with Crippen molar-refractivity contribution in [2.45, 2.75) is 13.3 Å². The number of ether oxygens (including phenoxy) is 1. The molecule has 0 aliphatic carbocycles. The van der Waals surface area contributed by atoms with E-state index in [0.29, 0.717) is 6.54 Å². The molecule has 0 radical (unpaired) electrons. The van der Waals surface area contributed by atoms with Gasteiger partial charge >= 0.3 is 5.97 Å². The highest BCUT2D eigenvalue weighted by molar-refractivity contribution is 5.99. The summed E-state index contributed by atoms with van der Waals surface area (Å²) in [5.74, 6) is -0.436. The lowest BCUT2D eigenvalue weighted by Crippen LogP contribution is -2.47. The Bertz CT molecular complexity index is 947. The third-order valence-electron chi connectivity index (χ3n) is 5.05. The Morgan fingerprint density at radius 2 is 1.81 bits per heavy atom. The second-order valence-electron chi connectivity index (χ2n) is 7.23. The smallest absolute Gasteiger partial charge is 0.338 e. The lowest BCUT2D eigenvalue weighted by atomic mass is 10.1. The second-order valence-corrected chi connectivity index (χ2v) is 7.23. The number of aromatic nitrogens is 2. The highest BCUT2D eigenvalue weighted by Crippen LogP contribution is 2.18. The maximum Gasteiger partial charge on any atom is 0.338 e. The number of hydrogen-bond acceptors (Lipinski definition) is 9. The van der Waals surface area contributed by atoms with Gasteiger partial charge in [-0.1, -0.05) is 0 Å². The first-order valence-corrected chi connectivity index (χ1v) is 10.5. The summed E-state index contributed by atoms with van der Waals surface area (Å²) in [5.41, 5.74) is -0.300. The standard InChI is InChI=1S/C21H26N6O5/c1-2-32-20(29)17-13-16(14-18(15-17)27(30)31)19(28)22-7-4-8-25-9-11-26(12-10-25)21-23-5-3-6-24-21/h3,5-6,13-15H,2,4,7-12H2,1H3,(H,22,28). The minimum atomic E-state index is -0.703. The van der Waals surface area contributed by atoms with E-state index in [-0.39, 0.29) is 23.4 Å². The molecular formula is C21H26N6O5. The number of carbonyl (C=O) groups is 2. The Morgan fingerprint density at radius 3 is 2.47 bits per heavy atom. The molecule has 0 unspecified atom stereocenters. The van der Waals surface area contributed by atoms with Crippen molar-refractivity contribution < 1.29 is 19.2 Å². The number of rotatable bonds is 9. The quantitative estimate of drug-likeness (QED) is 0.266. The molecular weight excluding hydrogens is 416 g/mol. The van der Waals surface area contributed by atoms with E-state index in [1.54, 1.807) is 25.4 Å². The summed E-state index contributed by atoms with van der Waals surface area (Å²) >= 11 is 0. The van der Waals surface area contributed by atoms with Gasteiger partial charge in [-0.05, 0) is 32.0 Å². The number of esters is 1. The largest absolute Gasteiger partial charge is 0.462 e. The molecule has 1 aromatic heterocycles. The lowest BCUT2D eigenvalue weighted by molar-refractivity contribution is -0.384. The first kappa shape index (κ1) is 23.1. The monoisotopic (exact) mass is 442 g/mol. The van der Waals surface area contributed by atoms with Crippen LogP contribution in [0.25, 0.3) is 0 Å². The Morgan fingerprint density at radius 1 is 1.12 bits per heavy atom. The van der Waals surface area contributed by atoms with Gasteiger partial charge in [0.15, 0.2) is 0 Å². The van der Waals surface area contributed by atoms with Gasteiger partial charge in [0.2, 0.25) is 5.95 Å². The maximum absolute atomic E-state index is 12.5. The zero-order valence-corrected chi connectivity index (χ0v) is 17.9. The van der Waals surface area contributed by atoms with E-state index in [4.69, 9.17) is 4.74 Å². The van der Waals surface area contributed by atoms with Crippen LogP contribution in [0.3, 0.4) is 0 Å². The zero-order chi connectivity index (χ0) is 22.9. The number of nitrogens with zero attached hydrogens (tertiary/aromatic N) is 5. The summed E-state index contributed by atoms with van der Waals surface area (Å²) in [7, 11) is 0. The molecule has 170 valence electrons. The molecule has 0 spiro atoms. The summed E-state index contributed by atoms with van der Waals surface area (Å²) < 4.78 is 4.89. The molecule has 0 bridgehead atoms. The first-order chi connectivity index (χ1) is 15.5. The van der Waals surface area contributed by atoms with Crippen LogP contribution in [0.5, 0.6) is 0 Å². The summed E-state index contributed by atoms with van der Waals surface area (Å²) in [6, 6.07) is 5.36. The Kier molecular flexibility index (Phi) is 8.03. The van der Waals surface area contributed by atoms with Gasteiger partial charge in [-0.25, -0.2) is 14.8 Å². The van der Waals surface area contributed by atoms with Crippen LogP contribution in [0, 0.1) is 10.1 Å². The van der Waals surface area contributed by atoms with Gasteiger partial charge in [0.1, 0.15) is 0 Å². The summed E-state index contributed by atoms with van der Waals surface area (Å²) in [4.78, 5) is 47.9. The Labute approximate surface area is 185 Å². The van der Waals surface area contributed by atoms with Crippen molar-refractivity contribution in [2.24, 2.45) is 0 Å². The Balaban J connectivity index is 1.47. The molecule has 1 aromatic carbocycles. The molecule has 0 atom stereocenters. The Hall–Kier alpha value is -3.60. The molecule has 11 nitrogen and oxygen atoms in total. The van der Waals surface area contributed by atoms with Gasteiger partial charge in [-0.15, -0.1) is 0 Å². The van der Waals surface area contributed by atoms with Crippen LogP contribution < -0.4 is 10.2 Å². The first-order valence-electron chi connectivity index (χ1n) is 10.5. The van der Waals surface area contributed by atoms with Gasteiger partial charge in [0.25, 0.3) is 11.6 Å². The molecule has 2 heterocycles. The molecule has 1 N–H and O–H groups in total. The van der Waals surface area contributed by atoms with Crippen molar-refractivity contribution >= 4 is 23.5 Å². The van der Waals surface area contributed by atoms with E-state index < -0.39 is 16.8 Å². The normalized spacial score (nSPS) is 14.1. The molecule has 1 saturated heterocycles. The number of benzene rings is 1. The van der Waals surface area contributed by atoms with E-state index in [1.807, 2.05) is 0 Å². The van der Waals surface area contributed by atoms with Gasteiger partial charge in [-0.3, -0.25) is 19.8 Å². The highest BCUT2D eigenvalue weighted by atomic mass is 16.6. The molecule has 0 saturated carbocycles. The van der Waals surface area contributed by atoms with Crippen molar-refractivity contribution in [3.63, 3.8) is 0 Å².